The Hall–Kier alpha value is -1.56. The number of aromatic amines is 1. The van der Waals surface area contributed by atoms with E-state index in [1.54, 1.807) is 17.3 Å². The van der Waals surface area contributed by atoms with Crippen molar-refractivity contribution < 1.29 is 14.3 Å². The van der Waals surface area contributed by atoms with Gasteiger partial charge in [-0.15, -0.1) is 0 Å². The Morgan fingerprint density at radius 3 is 3.00 bits per heavy atom. The molecule has 1 aromatic heterocycles. The normalized spacial score (nSPS) is 20.8. The molecule has 18 heavy (non-hydrogen) atoms. The summed E-state index contributed by atoms with van der Waals surface area (Å²) < 4.78 is 11.0. The van der Waals surface area contributed by atoms with E-state index in [1.165, 1.54) is 0 Å². The zero-order valence-electron chi connectivity index (χ0n) is 11.0. The average molecular weight is 253 g/mol. The van der Waals surface area contributed by atoms with E-state index < -0.39 is 5.60 Å². The van der Waals surface area contributed by atoms with E-state index >= 15 is 0 Å². The topological polar surface area (TPSA) is 67.4 Å². The van der Waals surface area contributed by atoms with Crippen LogP contribution in [0.2, 0.25) is 0 Å². The largest absolute Gasteiger partial charge is 0.444 e. The second-order valence-corrected chi connectivity index (χ2v) is 5.32. The van der Waals surface area contributed by atoms with Gasteiger partial charge in [0, 0.05) is 18.3 Å². The minimum absolute atomic E-state index is 0.134. The number of hydrogen-bond acceptors (Lipinski definition) is 4. The van der Waals surface area contributed by atoms with Crippen LogP contribution in [-0.2, 0) is 9.47 Å². The van der Waals surface area contributed by atoms with Crippen molar-refractivity contribution in [3.8, 4) is 0 Å². The lowest BCUT2D eigenvalue weighted by atomic mass is 10.1. The van der Waals surface area contributed by atoms with Crippen molar-refractivity contribution >= 4 is 6.09 Å². The highest BCUT2D eigenvalue weighted by Crippen LogP contribution is 2.22. The molecular weight excluding hydrogens is 234 g/mol. The molecule has 1 aliphatic rings. The molecule has 1 N–H and O–H groups in total. The molecule has 0 radical (unpaired) electrons. The predicted octanol–water partition coefficient (Wildman–Crippen LogP) is 1.72. The van der Waals surface area contributed by atoms with Crippen LogP contribution < -0.4 is 0 Å². The highest BCUT2D eigenvalue weighted by molar-refractivity contribution is 5.68. The van der Waals surface area contributed by atoms with Crippen LogP contribution in [0.25, 0.3) is 0 Å². The van der Waals surface area contributed by atoms with Gasteiger partial charge in [0.25, 0.3) is 0 Å². The van der Waals surface area contributed by atoms with Crippen LogP contribution in [0.4, 0.5) is 4.79 Å². The number of rotatable bonds is 1. The van der Waals surface area contributed by atoms with Crippen molar-refractivity contribution in [1.82, 2.24) is 15.1 Å². The molecule has 2 rings (SSSR count). The molecule has 1 saturated heterocycles. The SMILES string of the molecule is CC(C)(C)OC(=O)N1CCO[C@@H](c2cn[nH]c2)C1. The Morgan fingerprint density at radius 2 is 2.39 bits per heavy atom. The smallest absolute Gasteiger partial charge is 0.410 e. The van der Waals surface area contributed by atoms with Gasteiger partial charge in [0.2, 0.25) is 0 Å². The number of nitrogens with one attached hydrogen (secondary N) is 1. The number of carbonyl (C=O) groups is 1. The molecule has 0 aromatic carbocycles. The number of nitrogens with zero attached hydrogens (tertiary/aromatic N) is 2. The maximum Gasteiger partial charge on any atom is 0.410 e. The summed E-state index contributed by atoms with van der Waals surface area (Å²) >= 11 is 0. The summed E-state index contributed by atoms with van der Waals surface area (Å²) in [6.07, 6.45) is 3.07. The first-order chi connectivity index (χ1) is 8.46. The summed E-state index contributed by atoms with van der Waals surface area (Å²) in [6.45, 7) is 7.14. The Bertz CT molecular complexity index is 397. The number of carbonyl (C=O) groups excluding carboxylic acids is 1. The number of ether oxygens (including phenoxy) is 2. The first-order valence-corrected chi connectivity index (χ1v) is 6.04. The molecule has 1 aromatic rings. The Labute approximate surface area is 106 Å². The third kappa shape index (κ3) is 3.22. The van der Waals surface area contributed by atoms with E-state index in [0.717, 1.165) is 5.56 Å². The molecule has 1 fully saturated rings. The van der Waals surface area contributed by atoms with Crippen molar-refractivity contribution in [2.24, 2.45) is 0 Å². The molecular formula is C12H19N3O3. The van der Waals surface area contributed by atoms with Crippen molar-refractivity contribution in [3.05, 3.63) is 18.0 Å². The first-order valence-electron chi connectivity index (χ1n) is 6.04. The number of aromatic nitrogens is 2. The standard InChI is InChI=1S/C12H19N3O3/c1-12(2,3)18-11(16)15-4-5-17-10(8-15)9-6-13-14-7-9/h6-7,10H,4-5,8H2,1-3H3,(H,13,14)/t10-/m1/s1. The van der Waals surface area contributed by atoms with Crippen LogP contribution in [-0.4, -0.2) is 46.5 Å². The van der Waals surface area contributed by atoms with Crippen LogP contribution >= 0.6 is 0 Å². The lowest BCUT2D eigenvalue weighted by Crippen LogP contribution is -2.44. The van der Waals surface area contributed by atoms with Crippen molar-refractivity contribution in [2.45, 2.75) is 32.5 Å². The van der Waals surface area contributed by atoms with Gasteiger partial charge in [-0.3, -0.25) is 5.10 Å². The van der Waals surface area contributed by atoms with Gasteiger partial charge >= 0.3 is 6.09 Å². The average Bonchev–Trinajstić information content (AvgIpc) is 2.80. The monoisotopic (exact) mass is 253 g/mol. The van der Waals surface area contributed by atoms with Crippen LogP contribution in [0.1, 0.15) is 32.4 Å². The molecule has 100 valence electrons. The van der Waals surface area contributed by atoms with Crippen molar-refractivity contribution in [3.63, 3.8) is 0 Å². The maximum atomic E-state index is 12.0. The van der Waals surface area contributed by atoms with Gasteiger partial charge in [0.1, 0.15) is 11.7 Å². The number of hydrogen-bond donors (Lipinski definition) is 1. The Balaban J connectivity index is 1.96. The highest BCUT2D eigenvalue weighted by Gasteiger charge is 2.29. The Morgan fingerprint density at radius 1 is 1.61 bits per heavy atom. The van der Waals surface area contributed by atoms with Gasteiger partial charge in [-0.25, -0.2) is 4.79 Å². The molecule has 0 saturated carbocycles. The van der Waals surface area contributed by atoms with Crippen LogP contribution in [0, 0.1) is 0 Å². The molecule has 6 heteroatoms. The first kappa shape index (κ1) is 12.9. The quantitative estimate of drug-likeness (QED) is 0.827. The van der Waals surface area contributed by atoms with E-state index in [-0.39, 0.29) is 12.2 Å². The molecule has 1 aliphatic heterocycles. The molecule has 1 amide bonds. The van der Waals surface area contributed by atoms with Crippen molar-refractivity contribution in [1.29, 1.82) is 0 Å². The molecule has 0 spiro atoms. The van der Waals surface area contributed by atoms with E-state index in [2.05, 4.69) is 10.2 Å². The minimum Gasteiger partial charge on any atom is -0.444 e. The van der Waals surface area contributed by atoms with Gasteiger partial charge in [-0.1, -0.05) is 0 Å². The van der Waals surface area contributed by atoms with E-state index in [0.29, 0.717) is 19.7 Å². The summed E-state index contributed by atoms with van der Waals surface area (Å²) in [4.78, 5) is 13.6. The fourth-order valence-electron chi connectivity index (χ4n) is 1.78. The van der Waals surface area contributed by atoms with Gasteiger partial charge < -0.3 is 14.4 Å². The second-order valence-electron chi connectivity index (χ2n) is 5.32. The molecule has 1 atom stereocenters. The lowest BCUT2D eigenvalue weighted by molar-refractivity contribution is -0.0432. The van der Waals surface area contributed by atoms with Gasteiger partial charge in [-0.2, -0.15) is 5.10 Å². The third-order valence-electron chi connectivity index (χ3n) is 2.61. The number of morpholine rings is 1. The zero-order valence-corrected chi connectivity index (χ0v) is 11.0. The molecule has 2 heterocycles. The summed E-state index contributed by atoms with van der Waals surface area (Å²) in [5, 5.41) is 6.63. The summed E-state index contributed by atoms with van der Waals surface area (Å²) in [6, 6.07) is 0. The molecule has 0 unspecified atom stereocenters. The summed E-state index contributed by atoms with van der Waals surface area (Å²) in [5.41, 5.74) is 0.476. The van der Waals surface area contributed by atoms with Gasteiger partial charge in [0.05, 0.1) is 19.3 Å². The van der Waals surface area contributed by atoms with Crippen LogP contribution in [0.3, 0.4) is 0 Å². The zero-order chi connectivity index (χ0) is 13.2. The maximum absolute atomic E-state index is 12.0. The number of amides is 1. The fraction of sp³-hybridized carbons (Fsp3) is 0.667. The third-order valence-corrected chi connectivity index (χ3v) is 2.61. The molecule has 6 nitrogen and oxygen atoms in total. The lowest BCUT2D eigenvalue weighted by Gasteiger charge is -2.33. The molecule has 0 bridgehead atoms. The summed E-state index contributed by atoms with van der Waals surface area (Å²) in [7, 11) is 0. The van der Waals surface area contributed by atoms with Gasteiger partial charge in [-0.05, 0) is 20.8 Å². The van der Waals surface area contributed by atoms with Gasteiger partial charge in [0.15, 0.2) is 0 Å². The predicted molar refractivity (Wildman–Crippen MR) is 65.1 cm³/mol. The fourth-order valence-corrected chi connectivity index (χ4v) is 1.78. The van der Waals surface area contributed by atoms with E-state index in [4.69, 9.17) is 9.47 Å². The summed E-state index contributed by atoms with van der Waals surface area (Å²) in [5.74, 6) is 0. The van der Waals surface area contributed by atoms with Crippen LogP contribution in [0.5, 0.6) is 0 Å². The van der Waals surface area contributed by atoms with Crippen molar-refractivity contribution in [2.75, 3.05) is 19.7 Å². The molecule has 0 aliphatic carbocycles. The highest BCUT2D eigenvalue weighted by atomic mass is 16.6. The van der Waals surface area contributed by atoms with Crippen LogP contribution in [0.15, 0.2) is 12.4 Å². The second kappa shape index (κ2) is 4.97. The Kier molecular flexibility index (Phi) is 3.56. The number of H-pyrrole nitrogens is 1. The van der Waals surface area contributed by atoms with E-state index in [1.807, 2.05) is 20.8 Å². The van der Waals surface area contributed by atoms with E-state index in [9.17, 15) is 4.79 Å². The minimum atomic E-state index is -0.472.